The lowest BCUT2D eigenvalue weighted by Crippen LogP contribution is -2.33. The lowest BCUT2D eigenvalue weighted by atomic mass is 10.1. The first kappa shape index (κ1) is 17.5. The highest BCUT2D eigenvalue weighted by Crippen LogP contribution is 2.27. The van der Waals surface area contributed by atoms with Crippen LogP contribution >= 0.6 is 11.6 Å². The van der Waals surface area contributed by atoms with E-state index in [1.165, 1.54) is 19.1 Å². The average molecular weight is 330 g/mol. The summed E-state index contributed by atoms with van der Waals surface area (Å²) in [6, 6.07) is 2.47. The van der Waals surface area contributed by atoms with E-state index < -0.39 is 16.0 Å². The zero-order chi connectivity index (χ0) is 16.2. The predicted octanol–water partition coefficient (Wildman–Crippen LogP) is 2.38. The van der Waals surface area contributed by atoms with Gasteiger partial charge in [0.2, 0.25) is 10.0 Å². The van der Waals surface area contributed by atoms with Crippen molar-refractivity contribution in [2.24, 2.45) is 0 Å². The van der Waals surface area contributed by atoms with Gasteiger partial charge in [-0.1, -0.05) is 24.4 Å². The summed E-state index contributed by atoms with van der Waals surface area (Å²) in [6.45, 7) is 3.44. The Hall–Kier alpha value is -1.55. The van der Waals surface area contributed by atoms with Crippen LogP contribution in [0.1, 0.15) is 29.3 Å². The summed E-state index contributed by atoms with van der Waals surface area (Å²) in [6.07, 6.45) is 5.79. The molecule has 0 unspecified atom stereocenters. The Labute approximate surface area is 129 Å². The van der Waals surface area contributed by atoms with E-state index in [1.54, 1.807) is 0 Å². The van der Waals surface area contributed by atoms with Crippen molar-refractivity contribution in [3.05, 3.63) is 28.3 Å². The molecule has 0 fully saturated rings. The molecular formula is C14H16ClNO4S. The van der Waals surface area contributed by atoms with E-state index in [4.69, 9.17) is 23.1 Å². The van der Waals surface area contributed by atoms with Gasteiger partial charge >= 0.3 is 5.97 Å². The number of nitrogens with zero attached hydrogens (tertiary/aromatic N) is 1. The van der Waals surface area contributed by atoms with Crippen molar-refractivity contribution in [3.63, 3.8) is 0 Å². The van der Waals surface area contributed by atoms with Crippen molar-refractivity contribution >= 4 is 27.6 Å². The summed E-state index contributed by atoms with van der Waals surface area (Å²) >= 11 is 5.84. The van der Waals surface area contributed by atoms with E-state index >= 15 is 0 Å². The highest BCUT2D eigenvalue weighted by Gasteiger charge is 2.27. The van der Waals surface area contributed by atoms with Gasteiger partial charge < -0.3 is 5.11 Å². The van der Waals surface area contributed by atoms with Gasteiger partial charge in [0.05, 0.1) is 17.0 Å². The summed E-state index contributed by atoms with van der Waals surface area (Å²) in [4.78, 5) is 11.0. The lowest BCUT2D eigenvalue weighted by Gasteiger charge is -2.21. The number of hydrogen-bond acceptors (Lipinski definition) is 3. The third kappa shape index (κ3) is 3.76. The molecule has 1 aromatic rings. The fraction of sp³-hybridized carbons (Fsp3) is 0.357. The Balaban J connectivity index is 3.51. The van der Waals surface area contributed by atoms with Gasteiger partial charge in [0, 0.05) is 11.6 Å². The molecule has 0 bridgehead atoms. The highest BCUT2D eigenvalue weighted by molar-refractivity contribution is 7.89. The molecule has 114 valence electrons. The molecule has 5 nitrogen and oxygen atoms in total. The molecule has 0 amide bonds. The number of benzene rings is 1. The fourth-order valence-corrected chi connectivity index (χ4v) is 3.92. The van der Waals surface area contributed by atoms with E-state index in [0.717, 1.165) is 4.31 Å². The van der Waals surface area contributed by atoms with Gasteiger partial charge in [0.15, 0.2) is 0 Å². The SMILES string of the molecule is C#CCN(CCC)S(=O)(=O)c1cc(Cl)cc(C(=O)O)c1C. The molecule has 0 radical (unpaired) electrons. The van der Waals surface area contributed by atoms with Crippen LogP contribution in [0.2, 0.25) is 5.02 Å². The van der Waals surface area contributed by atoms with Crippen molar-refractivity contribution in [1.29, 1.82) is 0 Å². The van der Waals surface area contributed by atoms with Crippen LogP contribution in [0.25, 0.3) is 0 Å². The number of carboxylic acid groups (broad SMARTS) is 1. The van der Waals surface area contributed by atoms with E-state index in [-0.39, 0.29) is 34.1 Å². The largest absolute Gasteiger partial charge is 0.478 e. The predicted molar refractivity (Wildman–Crippen MR) is 81.0 cm³/mol. The number of hydrogen-bond donors (Lipinski definition) is 1. The summed E-state index contributed by atoms with van der Waals surface area (Å²) in [5.41, 5.74) is 0.00301. The second-order valence-corrected chi connectivity index (χ2v) is 6.77. The minimum atomic E-state index is -3.89. The molecule has 0 aliphatic heterocycles. The molecule has 0 heterocycles. The van der Waals surface area contributed by atoms with Crippen LogP contribution in [-0.4, -0.2) is 36.9 Å². The zero-order valence-corrected chi connectivity index (χ0v) is 13.3. The number of sulfonamides is 1. The number of aromatic carboxylic acids is 1. The van der Waals surface area contributed by atoms with E-state index in [2.05, 4.69) is 5.92 Å². The minimum absolute atomic E-state index is 0.0498. The van der Waals surface area contributed by atoms with Crippen LogP contribution in [0.4, 0.5) is 0 Å². The molecule has 0 saturated heterocycles. The summed E-state index contributed by atoms with van der Waals surface area (Å²) < 4.78 is 26.4. The van der Waals surface area contributed by atoms with Crippen LogP contribution in [0.15, 0.2) is 17.0 Å². The van der Waals surface area contributed by atoms with Gasteiger partial charge in [0.1, 0.15) is 0 Å². The molecular weight excluding hydrogens is 314 g/mol. The van der Waals surface area contributed by atoms with E-state index in [1.807, 2.05) is 6.92 Å². The second kappa shape index (κ2) is 6.94. The fourth-order valence-electron chi connectivity index (χ4n) is 1.92. The maximum Gasteiger partial charge on any atom is 0.336 e. The Bertz CT molecular complexity index is 692. The average Bonchev–Trinajstić information content (AvgIpc) is 2.40. The first-order chi connectivity index (χ1) is 9.75. The summed E-state index contributed by atoms with van der Waals surface area (Å²) in [5, 5.41) is 9.18. The molecule has 7 heteroatoms. The van der Waals surface area contributed by atoms with Crippen molar-refractivity contribution < 1.29 is 18.3 Å². The molecule has 0 aliphatic carbocycles. The van der Waals surface area contributed by atoms with E-state index in [9.17, 15) is 13.2 Å². The molecule has 0 atom stereocenters. The van der Waals surface area contributed by atoms with Crippen molar-refractivity contribution in [1.82, 2.24) is 4.31 Å². The molecule has 0 aliphatic rings. The quantitative estimate of drug-likeness (QED) is 0.813. The van der Waals surface area contributed by atoms with Crippen LogP contribution in [0.3, 0.4) is 0 Å². The topological polar surface area (TPSA) is 74.7 Å². The van der Waals surface area contributed by atoms with E-state index in [0.29, 0.717) is 6.42 Å². The summed E-state index contributed by atoms with van der Waals surface area (Å²) in [7, 11) is -3.89. The third-order valence-electron chi connectivity index (χ3n) is 2.91. The number of carbonyl (C=O) groups is 1. The molecule has 0 spiro atoms. The van der Waals surface area contributed by atoms with Gasteiger partial charge in [-0.05, 0) is 31.0 Å². The highest BCUT2D eigenvalue weighted by atomic mass is 35.5. The number of terminal acetylenes is 1. The Morgan fingerprint density at radius 3 is 2.57 bits per heavy atom. The Morgan fingerprint density at radius 2 is 2.10 bits per heavy atom. The van der Waals surface area contributed by atoms with Gasteiger partial charge in [-0.25, -0.2) is 13.2 Å². The van der Waals surface area contributed by atoms with Crippen LogP contribution < -0.4 is 0 Å². The smallest absolute Gasteiger partial charge is 0.336 e. The Kier molecular flexibility index (Phi) is 5.78. The van der Waals surface area contributed by atoms with Crippen LogP contribution in [0, 0.1) is 19.3 Å². The molecule has 1 aromatic carbocycles. The second-order valence-electron chi connectivity index (χ2n) is 4.42. The van der Waals surface area contributed by atoms with Gasteiger partial charge in [0.25, 0.3) is 0 Å². The minimum Gasteiger partial charge on any atom is -0.478 e. The maximum absolute atomic E-state index is 12.6. The molecule has 0 saturated carbocycles. The van der Waals surface area contributed by atoms with Crippen molar-refractivity contribution in [3.8, 4) is 12.3 Å². The van der Waals surface area contributed by atoms with Crippen LogP contribution in [-0.2, 0) is 10.0 Å². The molecule has 0 aromatic heterocycles. The van der Waals surface area contributed by atoms with Gasteiger partial charge in [-0.3, -0.25) is 0 Å². The number of halogens is 1. The van der Waals surface area contributed by atoms with Gasteiger partial charge in [-0.2, -0.15) is 4.31 Å². The molecule has 1 N–H and O–H groups in total. The molecule has 1 rings (SSSR count). The van der Waals surface area contributed by atoms with Crippen molar-refractivity contribution in [2.75, 3.05) is 13.1 Å². The third-order valence-corrected chi connectivity index (χ3v) is 5.10. The zero-order valence-electron chi connectivity index (χ0n) is 11.8. The standard InChI is InChI=1S/C14H16ClNO4S/c1-4-6-16(7-5-2)21(19,20)13-9-11(15)8-12(10(13)3)14(17)18/h1,8-9H,5-7H2,2-3H3,(H,17,18). The first-order valence-electron chi connectivity index (χ1n) is 6.22. The van der Waals surface area contributed by atoms with Crippen LogP contribution in [0.5, 0.6) is 0 Å². The van der Waals surface area contributed by atoms with Crippen molar-refractivity contribution in [2.45, 2.75) is 25.2 Å². The summed E-state index contributed by atoms with van der Waals surface area (Å²) in [5.74, 6) is 1.07. The number of carboxylic acids is 1. The first-order valence-corrected chi connectivity index (χ1v) is 8.04. The normalized spacial score (nSPS) is 11.4. The maximum atomic E-state index is 12.6. The molecule has 21 heavy (non-hydrogen) atoms. The lowest BCUT2D eigenvalue weighted by molar-refractivity contribution is 0.0696. The van der Waals surface area contributed by atoms with Gasteiger partial charge in [-0.15, -0.1) is 6.42 Å². The Morgan fingerprint density at radius 1 is 1.48 bits per heavy atom. The number of rotatable bonds is 6. The monoisotopic (exact) mass is 329 g/mol.